The highest BCUT2D eigenvalue weighted by molar-refractivity contribution is 6.43. The van der Waals surface area contributed by atoms with E-state index in [0.717, 1.165) is 12.0 Å². The number of hydrogen-bond acceptors (Lipinski definition) is 3. The van der Waals surface area contributed by atoms with Gasteiger partial charge in [0.05, 0.1) is 15.7 Å². The molecule has 0 atom stereocenters. The molecule has 24 heavy (non-hydrogen) atoms. The van der Waals surface area contributed by atoms with Crippen LogP contribution in [0, 0.1) is 0 Å². The highest BCUT2D eigenvalue weighted by atomic mass is 35.5. The fourth-order valence-electron chi connectivity index (χ4n) is 2.63. The van der Waals surface area contributed by atoms with E-state index in [1.54, 1.807) is 24.3 Å². The third kappa shape index (κ3) is 3.60. The van der Waals surface area contributed by atoms with Crippen LogP contribution in [0.25, 0.3) is 0 Å². The minimum Gasteiger partial charge on any atom is -0.483 e. The molecule has 2 aromatic rings. The van der Waals surface area contributed by atoms with Crippen LogP contribution >= 0.6 is 23.2 Å². The molecule has 0 bridgehead atoms. The SMILES string of the molecule is CC1(C)Cc2cccc(OCC(=O)Nc3cccc(Cl)c3Cl)c2O1. The summed E-state index contributed by atoms with van der Waals surface area (Å²) >= 11 is 12.0. The van der Waals surface area contributed by atoms with Gasteiger partial charge in [-0.15, -0.1) is 0 Å². The molecule has 126 valence electrons. The van der Waals surface area contributed by atoms with E-state index in [2.05, 4.69) is 5.32 Å². The second-order valence-electron chi connectivity index (χ2n) is 6.22. The number of carbonyl (C=O) groups excluding carboxylic acids is 1. The zero-order valence-corrected chi connectivity index (χ0v) is 14.9. The summed E-state index contributed by atoms with van der Waals surface area (Å²) in [6.45, 7) is 3.89. The van der Waals surface area contributed by atoms with E-state index in [4.69, 9.17) is 32.7 Å². The largest absolute Gasteiger partial charge is 0.483 e. The van der Waals surface area contributed by atoms with Crippen molar-refractivity contribution in [2.45, 2.75) is 25.9 Å². The first-order valence-corrected chi connectivity index (χ1v) is 8.29. The first-order chi connectivity index (χ1) is 11.4. The lowest BCUT2D eigenvalue weighted by Crippen LogP contribution is -2.25. The van der Waals surface area contributed by atoms with Gasteiger partial charge in [-0.3, -0.25) is 4.79 Å². The van der Waals surface area contributed by atoms with Crippen LogP contribution in [-0.4, -0.2) is 18.1 Å². The van der Waals surface area contributed by atoms with E-state index >= 15 is 0 Å². The molecule has 6 heteroatoms. The fourth-order valence-corrected chi connectivity index (χ4v) is 2.98. The summed E-state index contributed by atoms with van der Waals surface area (Å²) in [5.74, 6) is 0.940. The van der Waals surface area contributed by atoms with Crippen molar-refractivity contribution in [3.8, 4) is 11.5 Å². The van der Waals surface area contributed by atoms with Gasteiger partial charge in [0.2, 0.25) is 0 Å². The summed E-state index contributed by atoms with van der Waals surface area (Å²) in [7, 11) is 0. The van der Waals surface area contributed by atoms with Gasteiger partial charge in [0.25, 0.3) is 5.91 Å². The summed E-state index contributed by atoms with van der Waals surface area (Å²) in [5, 5.41) is 3.37. The van der Waals surface area contributed by atoms with Gasteiger partial charge in [-0.05, 0) is 32.0 Å². The van der Waals surface area contributed by atoms with Gasteiger partial charge in [0, 0.05) is 12.0 Å². The number of amides is 1. The maximum absolute atomic E-state index is 12.1. The highest BCUT2D eigenvalue weighted by Gasteiger charge is 2.32. The second kappa shape index (κ2) is 6.54. The Morgan fingerprint density at radius 2 is 2.00 bits per heavy atom. The molecular weight excluding hydrogens is 349 g/mol. The third-order valence-electron chi connectivity index (χ3n) is 3.64. The summed E-state index contributed by atoms with van der Waals surface area (Å²) < 4.78 is 11.5. The Balaban J connectivity index is 1.66. The molecule has 0 unspecified atom stereocenters. The van der Waals surface area contributed by atoms with Crippen LogP contribution in [-0.2, 0) is 11.2 Å². The van der Waals surface area contributed by atoms with Crippen LogP contribution in [0.3, 0.4) is 0 Å². The normalized spacial score (nSPS) is 14.7. The van der Waals surface area contributed by atoms with Crippen LogP contribution in [0.2, 0.25) is 10.0 Å². The topological polar surface area (TPSA) is 47.6 Å². The number of carbonyl (C=O) groups is 1. The van der Waals surface area contributed by atoms with Gasteiger partial charge in [0.1, 0.15) is 5.60 Å². The number of fused-ring (bicyclic) bond motifs is 1. The van der Waals surface area contributed by atoms with E-state index < -0.39 is 0 Å². The Hall–Kier alpha value is -1.91. The van der Waals surface area contributed by atoms with Crippen LogP contribution in [0.1, 0.15) is 19.4 Å². The van der Waals surface area contributed by atoms with Crippen molar-refractivity contribution in [1.29, 1.82) is 0 Å². The summed E-state index contributed by atoms with van der Waals surface area (Å²) in [5.41, 5.74) is 1.27. The average Bonchev–Trinajstić information content (AvgIpc) is 2.84. The second-order valence-corrected chi connectivity index (χ2v) is 7.01. The number of rotatable bonds is 4. The van der Waals surface area contributed by atoms with Crippen LogP contribution < -0.4 is 14.8 Å². The first-order valence-electron chi connectivity index (χ1n) is 7.53. The Morgan fingerprint density at radius 3 is 2.79 bits per heavy atom. The van der Waals surface area contributed by atoms with E-state index in [9.17, 15) is 4.79 Å². The predicted molar refractivity (Wildman–Crippen MR) is 95.4 cm³/mol. The van der Waals surface area contributed by atoms with Crippen LogP contribution in [0.4, 0.5) is 5.69 Å². The Bertz CT molecular complexity index is 790. The zero-order valence-electron chi connectivity index (χ0n) is 13.4. The maximum atomic E-state index is 12.1. The zero-order chi connectivity index (χ0) is 17.3. The lowest BCUT2D eigenvalue weighted by Gasteiger charge is -2.18. The standard InChI is InChI=1S/C18H17Cl2NO3/c1-18(2)9-11-5-3-8-14(17(11)24-18)23-10-15(22)21-13-7-4-6-12(19)16(13)20/h3-8H,9-10H2,1-2H3,(H,21,22). The first kappa shape index (κ1) is 16.9. The number of para-hydroxylation sites is 1. The Labute approximate surface area is 150 Å². The fraction of sp³-hybridized carbons (Fsp3) is 0.278. The number of hydrogen-bond donors (Lipinski definition) is 1. The number of ether oxygens (including phenoxy) is 2. The quantitative estimate of drug-likeness (QED) is 0.852. The molecule has 0 fully saturated rings. The van der Waals surface area contributed by atoms with Crippen molar-refractivity contribution < 1.29 is 14.3 Å². The average molecular weight is 366 g/mol. The van der Waals surface area contributed by atoms with Crippen molar-refractivity contribution >= 4 is 34.8 Å². The van der Waals surface area contributed by atoms with Gasteiger partial charge >= 0.3 is 0 Å². The molecule has 1 aliphatic rings. The van der Waals surface area contributed by atoms with E-state index in [1.165, 1.54) is 0 Å². The molecule has 0 radical (unpaired) electrons. The highest BCUT2D eigenvalue weighted by Crippen LogP contribution is 2.41. The minimum absolute atomic E-state index is 0.150. The van der Waals surface area contributed by atoms with E-state index in [0.29, 0.717) is 27.2 Å². The number of anilines is 1. The van der Waals surface area contributed by atoms with Crippen molar-refractivity contribution in [3.63, 3.8) is 0 Å². The molecule has 1 aliphatic heterocycles. The molecule has 0 aromatic heterocycles. The van der Waals surface area contributed by atoms with Gasteiger partial charge in [-0.1, -0.05) is 41.4 Å². The molecule has 4 nitrogen and oxygen atoms in total. The number of halogens is 2. The van der Waals surface area contributed by atoms with Crippen molar-refractivity contribution in [1.82, 2.24) is 0 Å². The van der Waals surface area contributed by atoms with E-state index in [-0.39, 0.29) is 18.1 Å². The molecule has 0 aliphatic carbocycles. The predicted octanol–water partition coefficient (Wildman–Crippen LogP) is 4.72. The lowest BCUT2D eigenvalue weighted by molar-refractivity contribution is -0.118. The van der Waals surface area contributed by atoms with Gasteiger partial charge in [-0.2, -0.15) is 0 Å². The van der Waals surface area contributed by atoms with Gasteiger partial charge in [0.15, 0.2) is 18.1 Å². The maximum Gasteiger partial charge on any atom is 0.262 e. The summed E-state index contributed by atoms with van der Waals surface area (Å²) in [6, 6.07) is 10.7. The number of nitrogens with one attached hydrogen (secondary N) is 1. The van der Waals surface area contributed by atoms with Gasteiger partial charge < -0.3 is 14.8 Å². The molecule has 3 rings (SSSR count). The molecule has 1 N–H and O–H groups in total. The van der Waals surface area contributed by atoms with Crippen LogP contribution in [0.5, 0.6) is 11.5 Å². The molecule has 1 heterocycles. The van der Waals surface area contributed by atoms with E-state index in [1.807, 2.05) is 26.0 Å². The van der Waals surface area contributed by atoms with Crippen LogP contribution in [0.15, 0.2) is 36.4 Å². The smallest absolute Gasteiger partial charge is 0.262 e. The van der Waals surface area contributed by atoms with Gasteiger partial charge in [-0.25, -0.2) is 0 Å². The Kier molecular flexibility index (Phi) is 4.61. The molecule has 0 saturated carbocycles. The summed E-state index contributed by atoms with van der Waals surface area (Å²) in [6.07, 6.45) is 0.809. The molecule has 2 aromatic carbocycles. The molecule has 0 saturated heterocycles. The summed E-state index contributed by atoms with van der Waals surface area (Å²) in [4.78, 5) is 12.1. The molecule has 1 amide bonds. The lowest BCUT2D eigenvalue weighted by atomic mass is 10.0. The number of benzene rings is 2. The minimum atomic E-state index is -0.325. The van der Waals surface area contributed by atoms with Crippen molar-refractivity contribution in [3.05, 3.63) is 52.0 Å². The third-order valence-corrected chi connectivity index (χ3v) is 4.46. The molecule has 0 spiro atoms. The Morgan fingerprint density at radius 1 is 1.25 bits per heavy atom. The monoisotopic (exact) mass is 365 g/mol. The van der Waals surface area contributed by atoms with Crippen molar-refractivity contribution in [2.24, 2.45) is 0 Å². The molecular formula is C18H17Cl2NO3. The van der Waals surface area contributed by atoms with Crippen molar-refractivity contribution in [2.75, 3.05) is 11.9 Å².